The molecule has 6 amide bonds. The first kappa shape index (κ1) is 44.5. The van der Waals surface area contributed by atoms with Crippen LogP contribution < -0.4 is 66.7 Å². The van der Waals surface area contributed by atoms with Crippen molar-refractivity contribution in [2.24, 2.45) is 50.1 Å². The maximum Gasteiger partial charge on any atom is 0.243 e. The Morgan fingerprint density at radius 3 is 1.67 bits per heavy atom. The average Bonchev–Trinajstić information content (AvgIpc) is 3.09. The molecule has 290 valence electrons. The van der Waals surface area contributed by atoms with Crippen molar-refractivity contribution in [2.75, 3.05) is 26.2 Å². The Morgan fingerprint density at radius 1 is 0.635 bits per heavy atom. The van der Waals surface area contributed by atoms with Gasteiger partial charge in [-0.05, 0) is 57.6 Å². The number of nitrogens with zero attached hydrogens (tertiary/aromatic N) is 2. The molecule has 0 aliphatic rings. The minimum Gasteiger partial charge on any atom is -0.370 e. The summed E-state index contributed by atoms with van der Waals surface area (Å²) in [6.45, 7) is 1.70. The number of benzene rings is 1. The molecule has 0 saturated carbocycles. The normalized spacial score (nSPS) is 13.5. The van der Waals surface area contributed by atoms with Crippen LogP contribution in [-0.2, 0) is 35.2 Å². The highest BCUT2D eigenvalue weighted by atomic mass is 16.2. The van der Waals surface area contributed by atoms with Crippen molar-refractivity contribution in [3.05, 3.63) is 35.9 Å². The van der Waals surface area contributed by atoms with Gasteiger partial charge in [0.1, 0.15) is 24.2 Å². The van der Waals surface area contributed by atoms with E-state index in [9.17, 15) is 28.8 Å². The van der Waals surface area contributed by atoms with Crippen molar-refractivity contribution in [2.45, 2.75) is 88.5 Å². The molecule has 19 N–H and O–H groups in total. The van der Waals surface area contributed by atoms with Gasteiger partial charge in [-0.15, -0.1) is 0 Å². The summed E-state index contributed by atoms with van der Waals surface area (Å²) in [6, 6.07) is 3.30. The summed E-state index contributed by atoms with van der Waals surface area (Å²) in [5, 5.41) is 12.8. The van der Waals surface area contributed by atoms with Crippen LogP contribution in [0.1, 0.15) is 57.4 Å². The summed E-state index contributed by atoms with van der Waals surface area (Å²) in [6.07, 6.45) is 2.41. The first-order chi connectivity index (χ1) is 24.6. The number of hydrogen-bond acceptors (Lipinski definition) is 10. The zero-order chi connectivity index (χ0) is 39.1. The lowest BCUT2D eigenvalue weighted by Gasteiger charge is -2.26. The third-order valence-corrected chi connectivity index (χ3v) is 7.57. The molecule has 0 aliphatic carbocycles. The maximum absolute atomic E-state index is 13.6. The van der Waals surface area contributed by atoms with Crippen LogP contribution >= 0.6 is 0 Å². The van der Waals surface area contributed by atoms with Crippen molar-refractivity contribution < 1.29 is 28.8 Å². The monoisotopic (exact) mass is 732 g/mol. The van der Waals surface area contributed by atoms with Crippen LogP contribution in [0.15, 0.2) is 40.3 Å². The predicted molar refractivity (Wildman–Crippen MR) is 196 cm³/mol. The van der Waals surface area contributed by atoms with Crippen LogP contribution in [-0.4, -0.2) is 104 Å². The van der Waals surface area contributed by atoms with Crippen molar-refractivity contribution in [1.29, 1.82) is 0 Å². The molecule has 0 heterocycles. The summed E-state index contributed by atoms with van der Waals surface area (Å²) in [5.41, 5.74) is 39.1. The summed E-state index contributed by atoms with van der Waals surface area (Å²) < 4.78 is 0. The highest BCUT2D eigenvalue weighted by molar-refractivity contribution is 5.96. The minimum atomic E-state index is -1.20. The Kier molecular flexibility index (Phi) is 21.1. The van der Waals surface area contributed by atoms with E-state index < -0.39 is 72.2 Å². The molecule has 0 saturated heterocycles. The number of guanidine groups is 2. The van der Waals surface area contributed by atoms with E-state index in [-0.39, 0.29) is 50.7 Å². The number of nitrogens with two attached hydrogens (primary N) is 7. The molecule has 0 aromatic heterocycles. The first-order valence-electron chi connectivity index (χ1n) is 17.0. The molecule has 0 aliphatic heterocycles. The van der Waals surface area contributed by atoms with E-state index in [0.29, 0.717) is 32.2 Å². The number of primary amides is 1. The second kappa shape index (κ2) is 24.6. The molecule has 0 radical (unpaired) electrons. The molecule has 20 nitrogen and oxygen atoms in total. The number of amides is 6. The SMILES string of the molecule is C[C@H](NC(=O)[C@H](CCCN=C(N)N)NC(=O)[C@H](CCCN=C(N)N)NC(=O)[C@@H](N)CCCCN)C(=O)N[C@@H](Cc1ccccc1)C(=O)NCC(N)=O. The fourth-order valence-electron chi connectivity index (χ4n) is 4.77. The van der Waals surface area contributed by atoms with Crippen molar-refractivity contribution in [3.8, 4) is 0 Å². The Balaban J connectivity index is 3.16. The quantitative estimate of drug-likeness (QED) is 0.0257. The van der Waals surface area contributed by atoms with Gasteiger partial charge in [0.2, 0.25) is 35.4 Å². The minimum absolute atomic E-state index is 0.0438. The van der Waals surface area contributed by atoms with Gasteiger partial charge in [0.05, 0.1) is 12.6 Å². The fourth-order valence-corrected chi connectivity index (χ4v) is 4.77. The van der Waals surface area contributed by atoms with Crippen LogP contribution in [0.4, 0.5) is 0 Å². The second-order valence-corrected chi connectivity index (χ2v) is 12.1. The standard InChI is InChI=1S/C32H56N14O6/c1-19(26(48)46-24(28(50)42-18-25(35)47)17-20-9-3-2-4-10-20)43-29(51)22(12-7-15-40-31(36)37)45-30(52)23(13-8-16-41-32(38)39)44-27(49)21(34)11-5-6-14-33/h2-4,9-10,19,21-24H,5-8,11-18,33-34H2,1H3,(H2,35,47)(H,42,50)(H,43,51)(H,44,49)(H,45,52)(H,46,48)(H4,36,37,40)(H4,38,39,41)/t19-,21-,22-,23-,24-/m0/s1. The molecule has 0 fully saturated rings. The number of carbonyl (C=O) groups excluding carboxylic acids is 6. The van der Waals surface area contributed by atoms with Gasteiger partial charge in [-0.1, -0.05) is 36.8 Å². The van der Waals surface area contributed by atoms with E-state index in [1.165, 1.54) is 6.92 Å². The van der Waals surface area contributed by atoms with Gasteiger partial charge in [0, 0.05) is 19.5 Å². The number of hydrogen-bond donors (Lipinski definition) is 12. The van der Waals surface area contributed by atoms with Crippen LogP contribution in [0.3, 0.4) is 0 Å². The van der Waals surface area contributed by atoms with E-state index >= 15 is 0 Å². The molecule has 1 aromatic carbocycles. The number of rotatable bonds is 25. The molecule has 52 heavy (non-hydrogen) atoms. The Labute approximate surface area is 303 Å². The Morgan fingerprint density at radius 2 is 1.15 bits per heavy atom. The molecule has 0 unspecified atom stereocenters. The molecule has 1 rings (SSSR count). The summed E-state index contributed by atoms with van der Waals surface area (Å²) in [4.78, 5) is 85.3. The Bertz CT molecular complexity index is 1370. The van der Waals surface area contributed by atoms with E-state index in [1.807, 2.05) is 0 Å². The van der Waals surface area contributed by atoms with Crippen LogP contribution in [0.25, 0.3) is 0 Å². The number of aliphatic imine (C=N–C) groups is 2. The molecule has 0 bridgehead atoms. The lowest BCUT2D eigenvalue weighted by molar-refractivity contribution is -0.134. The molecule has 20 heteroatoms. The molecular formula is C32H56N14O6. The highest BCUT2D eigenvalue weighted by Crippen LogP contribution is 2.07. The third kappa shape index (κ3) is 19.0. The van der Waals surface area contributed by atoms with Crippen molar-refractivity contribution in [1.82, 2.24) is 26.6 Å². The predicted octanol–water partition coefficient (Wildman–Crippen LogP) is -4.65. The molecular weight excluding hydrogens is 676 g/mol. The van der Waals surface area contributed by atoms with Crippen molar-refractivity contribution in [3.63, 3.8) is 0 Å². The third-order valence-electron chi connectivity index (χ3n) is 7.57. The number of nitrogens with one attached hydrogen (secondary N) is 5. The van der Waals surface area contributed by atoms with Gasteiger partial charge in [0.25, 0.3) is 0 Å². The smallest absolute Gasteiger partial charge is 0.243 e. The largest absolute Gasteiger partial charge is 0.370 e. The van der Waals surface area contributed by atoms with Gasteiger partial charge in [0.15, 0.2) is 11.9 Å². The fraction of sp³-hybridized carbons (Fsp3) is 0.562. The van der Waals surface area contributed by atoms with Gasteiger partial charge >= 0.3 is 0 Å². The lowest BCUT2D eigenvalue weighted by Crippen LogP contribution is -2.58. The number of unbranched alkanes of at least 4 members (excludes halogenated alkanes) is 1. The lowest BCUT2D eigenvalue weighted by atomic mass is 10.0. The zero-order valence-corrected chi connectivity index (χ0v) is 29.6. The van der Waals surface area contributed by atoms with E-state index in [2.05, 4.69) is 36.6 Å². The van der Waals surface area contributed by atoms with E-state index in [1.54, 1.807) is 30.3 Å². The van der Waals surface area contributed by atoms with Crippen molar-refractivity contribution >= 4 is 47.4 Å². The van der Waals surface area contributed by atoms with Crippen LogP contribution in [0, 0.1) is 0 Å². The van der Waals surface area contributed by atoms with Gasteiger partial charge in [-0.3, -0.25) is 38.8 Å². The summed E-state index contributed by atoms with van der Waals surface area (Å²) in [5.74, 6) is -4.44. The Hall–Kier alpha value is -5.50. The second-order valence-electron chi connectivity index (χ2n) is 12.1. The van der Waals surface area contributed by atoms with E-state index in [0.717, 1.165) is 5.56 Å². The van der Waals surface area contributed by atoms with Crippen LogP contribution in [0.5, 0.6) is 0 Å². The number of carbonyl (C=O) groups is 6. The van der Waals surface area contributed by atoms with Crippen LogP contribution in [0.2, 0.25) is 0 Å². The van der Waals surface area contributed by atoms with Gasteiger partial charge in [-0.25, -0.2) is 0 Å². The summed E-state index contributed by atoms with van der Waals surface area (Å²) >= 11 is 0. The highest BCUT2D eigenvalue weighted by Gasteiger charge is 2.30. The summed E-state index contributed by atoms with van der Waals surface area (Å²) in [7, 11) is 0. The topological polar surface area (TPSA) is 369 Å². The van der Waals surface area contributed by atoms with Gasteiger partial charge < -0.3 is 66.7 Å². The molecule has 5 atom stereocenters. The zero-order valence-electron chi connectivity index (χ0n) is 29.6. The molecule has 1 aromatic rings. The van der Waals surface area contributed by atoms with Gasteiger partial charge in [-0.2, -0.15) is 0 Å². The maximum atomic E-state index is 13.6. The first-order valence-corrected chi connectivity index (χ1v) is 17.0. The average molecular weight is 733 g/mol. The molecule has 0 spiro atoms. The van der Waals surface area contributed by atoms with E-state index in [4.69, 9.17) is 40.1 Å².